The summed E-state index contributed by atoms with van der Waals surface area (Å²) in [4.78, 5) is 14.0. The van der Waals surface area contributed by atoms with Gasteiger partial charge < -0.3 is 14.2 Å². The Labute approximate surface area is 199 Å². The van der Waals surface area contributed by atoms with Crippen molar-refractivity contribution in [3.8, 4) is 11.5 Å². The lowest BCUT2D eigenvalue weighted by Gasteiger charge is -2.12. The van der Waals surface area contributed by atoms with Crippen LogP contribution in [0.15, 0.2) is 70.7 Å². The van der Waals surface area contributed by atoms with Crippen molar-refractivity contribution in [1.82, 2.24) is 4.83 Å². The molecule has 3 rings (SSSR count). The predicted molar refractivity (Wildman–Crippen MR) is 129 cm³/mol. The molecule has 0 bridgehead atoms. The molecule has 0 radical (unpaired) electrons. The zero-order chi connectivity index (χ0) is 24.7. The summed E-state index contributed by atoms with van der Waals surface area (Å²) in [6.07, 6.45) is 1.39. The van der Waals surface area contributed by atoms with Gasteiger partial charge in [0.05, 0.1) is 30.9 Å². The third kappa shape index (κ3) is 6.14. The average Bonchev–Trinajstić information content (AvgIpc) is 2.84. The van der Waals surface area contributed by atoms with E-state index in [0.29, 0.717) is 28.2 Å². The Morgan fingerprint density at radius 2 is 1.71 bits per heavy atom. The Morgan fingerprint density at radius 3 is 2.38 bits per heavy atom. The van der Waals surface area contributed by atoms with E-state index < -0.39 is 16.0 Å². The number of aryl methyl sites for hydroxylation is 2. The van der Waals surface area contributed by atoms with Crippen LogP contribution in [0.1, 0.15) is 32.6 Å². The van der Waals surface area contributed by atoms with Crippen molar-refractivity contribution in [2.75, 3.05) is 14.2 Å². The van der Waals surface area contributed by atoms with Gasteiger partial charge in [0.1, 0.15) is 6.61 Å². The molecule has 3 aromatic rings. The maximum Gasteiger partial charge on any atom is 0.337 e. The number of esters is 1. The van der Waals surface area contributed by atoms with E-state index in [2.05, 4.69) is 9.93 Å². The number of benzene rings is 3. The van der Waals surface area contributed by atoms with Crippen LogP contribution in [0.2, 0.25) is 0 Å². The third-order valence-electron chi connectivity index (χ3n) is 4.98. The van der Waals surface area contributed by atoms with Crippen LogP contribution in [-0.2, 0) is 21.4 Å². The first kappa shape index (κ1) is 24.8. The number of hydrogen-bond donors (Lipinski definition) is 1. The topological polar surface area (TPSA) is 103 Å². The number of nitrogens with one attached hydrogen (secondary N) is 1. The standard InChI is InChI=1S/C25H26N2O6S/c1-17-5-6-18(2)24(13-17)34(29,30)27-26-15-20-9-12-22(23(14-20)31-3)33-16-19-7-10-21(11-8-19)25(28)32-4/h5-15,27H,16H2,1-4H3/b26-15+. The predicted octanol–water partition coefficient (Wildman–Crippen LogP) is 3.99. The number of nitrogens with zero attached hydrogens (tertiary/aromatic N) is 1. The Hall–Kier alpha value is -3.85. The maximum absolute atomic E-state index is 12.6. The van der Waals surface area contributed by atoms with E-state index >= 15 is 0 Å². The van der Waals surface area contributed by atoms with Crippen molar-refractivity contribution >= 4 is 22.2 Å². The number of rotatable bonds is 9. The summed E-state index contributed by atoms with van der Waals surface area (Å²) in [7, 11) is -0.945. The van der Waals surface area contributed by atoms with E-state index in [1.54, 1.807) is 61.5 Å². The molecule has 0 saturated carbocycles. The lowest BCUT2D eigenvalue weighted by atomic mass is 10.1. The molecule has 0 aliphatic carbocycles. The molecular weight excluding hydrogens is 456 g/mol. The quantitative estimate of drug-likeness (QED) is 0.281. The highest BCUT2D eigenvalue weighted by Gasteiger charge is 2.16. The molecule has 0 saturated heterocycles. The van der Waals surface area contributed by atoms with Crippen molar-refractivity contribution in [2.45, 2.75) is 25.3 Å². The monoisotopic (exact) mass is 482 g/mol. The smallest absolute Gasteiger partial charge is 0.337 e. The number of hydrogen-bond acceptors (Lipinski definition) is 7. The Bertz CT molecular complexity index is 1300. The zero-order valence-corrected chi connectivity index (χ0v) is 20.2. The fourth-order valence-electron chi connectivity index (χ4n) is 3.12. The van der Waals surface area contributed by atoms with Gasteiger partial charge in [0.2, 0.25) is 0 Å². The first-order chi connectivity index (χ1) is 16.2. The molecule has 8 nitrogen and oxygen atoms in total. The van der Waals surface area contributed by atoms with Gasteiger partial charge in [0.15, 0.2) is 11.5 Å². The second-order valence-electron chi connectivity index (χ2n) is 7.51. The molecule has 0 aliphatic heterocycles. The molecule has 1 N–H and O–H groups in total. The molecule has 0 amide bonds. The van der Waals surface area contributed by atoms with Crippen LogP contribution in [0.4, 0.5) is 0 Å². The molecule has 3 aromatic carbocycles. The average molecular weight is 483 g/mol. The molecule has 178 valence electrons. The van der Waals surface area contributed by atoms with Gasteiger partial charge in [-0.2, -0.15) is 13.5 Å². The fourth-order valence-corrected chi connectivity index (χ4v) is 4.24. The first-order valence-corrected chi connectivity index (χ1v) is 11.8. The minimum atomic E-state index is -3.79. The van der Waals surface area contributed by atoms with Gasteiger partial charge in [-0.1, -0.05) is 24.3 Å². The SMILES string of the molecule is COC(=O)c1ccc(COc2ccc(/C=N/NS(=O)(=O)c3cc(C)ccc3C)cc2OC)cc1. The molecule has 0 fully saturated rings. The van der Waals surface area contributed by atoms with Crippen LogP contribution < -0.4 is 14.3 Å². The summed E-state index contributed by atoms with van der Waals surface area (Å²) in [5.41, 5.74) is 3.42. The summed E-state index contributed by atoms with van der Waals surface area (Å²) < 4.78 is 41.1. The normalized spacial score (nSPS) is 11.3. The Balaban J connectivity index is 1.67. The number of ether oxygens (including phenoxy) is 3. The van der Waals surface area contributed by atoms with Crippen molar-refractivity contribution in [3.63, 3.8) is 0 Å². The molecule has 0 spiro atoms. The molecule has 0 unspecified atom stereocenters. The van der Waals surface area contributed by atoms with Crippen molar-refractivity contribution < 1.29 is 27.4 Å². The summed E-state index contributed by atoms with van der Waals surface area (Å²) in [5, 5.41) is 3.89. The van der Waals surface area contributed by atoms with Crippen molar-refractivity contribution in [2.24, 2.45) is 5.10 Å². The van der Waals surface area contributed by atoms with Crippen LogP contribution in [0.3, 0.4) is 0 Å². The van der Waals surface area contributed by atoms with Crippen LogP contribution in [-0.4, -0.2) is 34.8 Å². The van der Waals surface area contributed by atoms with Gasteiger partial charge in [-0.3, -0.25) is 0 Å². The zero-order valence-electron chi connectivity index (χ0n) is 19.4. The van der Waals surface area contributed by atoms with Gasteiger partial charge in [-0.05, 0) is 72.5 Å². The van der Waals surface area contributed by atoms with E-state index in [4.69, 9.17) is 14.2 Å². The summed E-state index contributed by atoms with van der Waals surface area (Å²) >= 11 is 0. The van der Waals surface area contributed by atoms with Crippen molar-refractivity contribution in [1.29, 1.82) is 0 Å². The molecule has 9 heteroatoms. The summed E-state index contributed by atoms with van der Waals surface area (Å²) in [6.45, 7) is 3.82. The highest BCUT2D eigenvalue weighted by Crippen LogP contribution is 2.28. The lowest BCUT2D eigenvalue weighted by Crippen LogP contribution is -2.19. The Kier molecular flexibility index (Phi) is 7.91. The second kappa shape index (κ2) is 10.8. The van der Waals surface area contributed by atoms with Crippen LogP contribution in [0.25, 0.3) is 0 Å². The number of hydrazone groups is 1. The molecule has 0 heterocycles. The maximum atomic E-state index is 12.6. The number of sulfonamides is 1. The third-order valence-corrected chi connectivity index (χ3v) is 6.34. The number of carbonyl (C=O) groups excluding carboxylic acids is 1. The van der Waals surface area contributed by atoms with Crippen molar-refractivity contribution in [3.05, 3.63) is 88.5 Å². The van der Waals surface area contributed by atoms with E-state index in [-0.39, 0.29) is 11.5 Å². The summed E-state index contributed by atoms with van der Waals surface area (Å²) in [6, 6.07) is 17.2. The number of methoxy groups -OCH3 is 2. The Morgan fingerprint density at radius 1 is 0.971 bits per heavy atom. The molecule has 0 atom stereocenters. The molecule has 0 aliphatic rings. The highest BCUT2D eigenvalue weighted by atomic mass is 32.2. The molecular formula is C25H26N2O6S. The minimum absolute atomic E-state index is 0.186. The van der Waals surface area contributed by atoms with Gasteiger partial charge in [-0.25, -0.2) is 9.63 Å². The largest absolute Gasteiger partial charge is 0.493 e. The minimum Gasteiger partial charge on any atom is -0.493 e. The summed E-state index contributed by atoms with van der Waals surface area (Å²) in [5.74, 6) is 0.572. The number of carbonyl (C=O) groups is 1. The van der Waals surface area contributed by atoms with Crippen LogP contribution >= 0.6 is 0 Å². The van der Waals surface area contributed by atoms with E-state index in [1.807, 2.05) is 13.0 Å². The van der Waals surface area contributed by atoms with E-state index in [0.717, 1.165) is 11.1 Å². The molecule has 0 aromatic heterocycles. The van der Waals surface area contributed by atoms with Crippen LogP contribution in [0, 0.1) is 13.8 Å². The van der Waals surface area contributed by atoms with Gasteiger partial charge >= 0.3 is 5.97 Å². The van der Waals surface area contributed by atoms with E-state index in [1.165, 1.54) is 20.4 Å². The van der Waals surface area contributed by atoms with E-state index in [9.17, 15) is 13.2 Å². The second-order valence-corrected chi connectivity index (χ2v) is 9.14. The lowest BCUT2D eigenvalue weighted by molar-refractivity contribution is 0.0600. The first-order valence-electron chi connectivity index (χ1n) is 10.3. The fraction of sp³-hybridized carbons (Fsp3) is 0.200. The highest BCUT2D eigenvalue weighted by molar-refractivity contribution is 7.89. The van der Waals surface area contributed by atoms with Gasteiger partial charge in [0, 0.05) is 0 Å². The van der Waals surface area contributed by atoms with Gasteiger partial charge in [-0.15, -0.1) is 0 Å². The van der Waals surface area contributed by atoms with Gasteiger partial charge in [0.25, 0.3) is 10.0 Å². The molecule has 34 heavy (non-hydrogen) atoms. The van der Waals surface area contributed by atoms with Crippen LogP contribution in [0.5, 0.6) is 11.5 Å².